The minimum atomic E-state index is -0.692. The van der Waals surface area contributed by atoms with Crippen molar-refractivity contribution in [3.8, 4) is 0 Å². The number of hydrogen-bond acceptors (Lipinski definition) is 5. The molecular formula is C23H21NO4S. The van der Waals surface area contributed by atoms with Gasteiger partial charge in [-0.05, 0) is 35.6 Å². The number of likely N-dealkylation sites (N-methyl/N-ethyl adjacent to an activating group) is 1. The first kappa shape index (κ1) is 20.5. The summed E-state index contributed by atoms with van der Waals surface area (Å²) in [7, 11) is 1.66. The Morgan fingerprint density at radius 1 is 0.931 bits per heavy atom. The number of esters is 1. The van der Waals surface area contributed by atoms with E-state index in [0.29, 0.717) is 11.4 Å². The summed E-state index contributed by atoms with van der Waals surface area (Å²) < 4.78 is 5.21. The predicted molar refractivity (Wildman–Crippen MR) is 112 cm³/mol. The summed E-state index contributed by atoms with van der Waals surface area (Å²) in [6.45, 7) is 2.02. The van der Waals surface area contributed by atoms with Gasteiger partial charge in [0, 0.05) is 19.2 Å². The molecule has 0 saturated carbocycles. The number of carbonyl (C=O) groups excluding carboxylic acids is 3. The standard InChI is InChI=1S/C23H21NO4S/c1-16-8-3-4-9-17(16)14-24(2)21(25)15-28-23(27)19-11-6-5-10-18(19)22(26)20-12-7-13-29-20/h3-13H,14-15H2,1-2H3. The summed E-state index contributed by atoms with van der Waals surface area (Å²) in [5, 5.41) is 1.80. The normalized spacial score (nSPS) is 10.4. The number of ketones is 1. The summed E-state index contributed by atoms with van der Waals surface area (Å²) in [4.78, 5) is 39.6. The number of nitrogens with zero attached hydrogens (tertiary/aromatic N) is 1. The molecule has 5 nitrogen and oxygen atoms in total. The van der Waals surface area contributed by atoms with Gasteiger partial charge >= 0.3 is 5.97 Å². The van der Waals surface area contributed by atoms with E-state index in [1.54, 1.807) is 42.8 Å². The summed E-state index contributed by atoms with van der Waals surface area (Å²) in [5.74, 6) is -1.25. The molecule has 0 spiro atoms. The van der Waals surface area contributed by atoms with Crippen LogP contribution in [0.4, 0.5) is 0 Å². The maximum Gasteiger partial charge on any atom is 0.339 e. The highest BCUT2D eigenvalue weighted by Crippen LogP contribution is 2.19. The molecule has 0 aliphatic carbocycles. The second kappa shape index (κ2) is 9.30. The summed E-state index contributed by atoms with van der Waals surface area (Å²) in [5.41, 5.74) is 2.53. The number of carbonyl (C=O) groups is 3. The molecule has 29 heavy (non-hydrogen) atoms. The molecule has 0 unspecified atom stereocenters. The van der Waals surface area contributed by atoms with E-state index in [2.05, 4.69) is 0 Å². The van der Waals surface area contributed by atoms with Gasteiger partial charge in [-0.25, -0.2) is 4.79 Å². The van der Waals surface area contributed by atoms with Crippen molar-refractivity contribution in [2.45, 2.75) is 13.5 Å². The van der Waals surface area contributed by atoms with Crippen molar-refractivity contribution in [3.05, 3.63) is 93.2 Å². The summed E-state index contributed by atoms with van der Waals surface area (Å²) in [6.07, 6.45) is 0. The van der Waals surface area contributed by atoms with Gasteiger partial charge in [0.2, 0.25) is 5.78 Å². The second-order valence-corrected chi connectivity index (χ2v) is 7.55. The molecule has 0 fully saturated rings. The zero-order chi connectivity index (χ0) is 20.8. The van der Waals surface area contributed by atoms with Gasteiger partial charge in [-0.15, -0.1) is 11.3 Å². The molecule has 2 aromatic carbocycles. The molecule has 0 saturated heterocycles. The van der Waals surface area contributed by atoms with E-state index in [1.165, 1.54) is 22.3 Å². The van der Waals surface area contributed by atoms with Crippen LogP contribution in [-0.2, 0) is 16.1 Å². The smallest absolute Gasteiger partial charge is 0.339 e. The van der Waals surface area contributed by atoms with Crippen LogP contribution in [0, 0.1) is 6.92 Å². The van der Waals surface area contributed by atoms with E-state index in [0.717, 1.165) is 11.1 Å². The highest BCUT2D eigenvalue weighted by Gasteiger charge is 2.21. The Kier molecular flexibility index (Phi) is 6.57. The minimum absolute atomic E-state index is 0.153. The van der Waals surface area contributed by atoms with Crippen LogP contribution in [-0.4, -0.2) is 36.2 Å². The van der Waals surface area contributed by atoms with Crippen LogP contribution in [0.1, 0.15) is 36.7 Å². The van der Waals surface area contributed by atoms with E-state index in [1.807, 2.05) is 31.2 Å². The number of benzene rings is 2. The number of amides is 1. The van der Waals surface area contributed by atoms with Gasteiger partial charge in [-0.3, -0.25) is 9.59 Å². The molecule has 1 aromatic heterocycles. The summed E-state index contributed by atoms with van der Waals surface area (Å²) >= 11 is 1.31. The van der Waals surface area contributed by atoms with E-state index >= 15 is 0 Å². The minimum Gasteiger partial charge on any atom is -0.452 e. The largest absolute Gasteiger partial charge is 0.452 e. The summed E-state index contributed by atoms with van der Waals surface area (Å²) in [6, 6.07) is 17.8. The van der Waals surface area contributed by atoms with Crippen LogP contribution in [0.3, 0.4) is 0 Å². The molecule has 3 rings (SSSR count). The highest BCUT2D eigenvalue weighted by atomic mass is 32.1. The molecule has 0 radical (unpaired) electrons. The van der Waals surface area contributed by atoms with Crippen LogP contribution >= 0.6 is 11.3 Å². The van der Waals surface area contributed by atoms with Gasteiger partial charge in [0.25, 0.3) is 5.91 Å². The molecule has 0 aliphatic rings. The third-order valence-electron chi connectivity index (χ3n) is 4.56. The Balaban J connectivity index is 1.64. The van der Waals surface area contributed by atoms with Crippen LogP contribution in [0.2, 0.25) is 0 Å². The van der Waals surface area contributed by atoms with Crippen molar-refractivity contribution in [1.82, 2.24) is 4.90 Å². The first-order valence-corrected chi connectivity index (χ1v) is 9.98. The molecule has 1 amide bonds. The number of rotatable bonds is 7. The van der Waals surface area contributed by atoms with E-state index in [9.17, 15) is 14.4 Å². The molecule has 3 aromatic rings. The van der Waals surface area contributed by atoms with Crippen LogP contribution in [0.15, 0.2) is 66.0 Å². The Morgan fingerprint density at radius 2 is 1.62 bits per heavy atom. The molecule has 0 bridgehead atoms. The molecule has 148 valence electrons. The SMILES string of the molecule is Cc1ccccc1CN(C)C(=O)COC(=O)c1ccccc1C(=O)c1cccs1. The van der Waals surface area contributed by atoms with E-state index in [4.69, 9.17) is 4.74 Å². The topological polar surface area (TPSA) is 63.7 Å². The van der Waals surface area contributed by atoms with Crippen molar-refractivity contribution >= 4 is 29.0 Å². The van der Waals surface area contributed by atoms with Gasteiger partial charge in [-0.1, -0.05) is 48.5 Å². The average molecular weight is 407 g/mol. The Hall–Kier alpha value is -3.25. The Bertz CT molecular complexity index is 1030. The first-order chi connectivity index (χ1) is 14.0. The van der Waals surface area contributed by atoms with E-state index in [-0.39, 0.29) is 29.4 Å². The average Bonchev–Trinajstić information content (AvgIpc) is 3.27. The molecule has 1 heterocycles. The van der Waals surface area contributed by atoms with Crippen molar-refractivity contribution < 1.29 is 19.1 Å². The zero-order valence-electron chi connectivity index (χ0n) is 16.3. The number of hydrogen-bond donors (Lipinski definition) is 0. The van der Waals surface area contributed by atoms with Crippen LogP contribution < -0.4 is 0 Å². The van der Waals surface area contributed by atoms with Crippen molar-refractivity contribution in [2.24, 2.45) is 0 Å². The number of aryl methyl sites for hydroxylation is 1. The molecule has 6 heteroatoms. The lowest BCUT2D eigenvalue weighted by molar-refractivity contribution is -0.133. The Morgan fingerprint density at radius 3 is 2.31 bits per heavy atom. The lowest BCUT2D eigenvalue weighted by atomic mass is 10.0. The number of ether oxygens (including phenoxy) is 1. The fraction of sp³-hybridized carbons (Fsp3) is 0.174. The van der Waals surface area contributed by atoms with Gasteiger partial charge < -0.3 is 9.64 Å². The van der Waals surface area contributed by atoms with Crippen molar-refractivity contribution in [3.63, 3.8) is 0 Å². The quantitative estimate of drug-likeness (QED) is 0.437. The lowest BCUT2D eigenvalue weighted by Crippen LogP contribution is -2.31. The van der Waals surface area contributed by atoms with Gasteiger partial charge in [0.15, 0.2) is 6.61 Å². The fourth-order valence-electron chi connectivity index (χ4n) is 2.85. The third-order valence-corrected chi connectivity index (χ3v) is 5.43. The molecule has 0 aliphatic heterocycles. The monoisotopic (exact) mass is 407 g/mol. The van der Waals surface area contributed by atoms with Crippen LogP contribution in [0.5, 0.6) is 0 Å². The molecular weight excluding hydrogens is 386 g/mol. The fourth-order valence-corrected chi connectivity index (χ4v) is 3.52. The van der Waals surface area contributed by atoms with Gasteiger partial charge in [0.1, 0.15) is 0 Å². The molecule has 0 atom stereocenters. The Labute approximate surface area is 173 Å². The first-order valence-electron chi connectivity index (χ1n) is 9.10. The predicted octanol–water partition coefficient (Wildman–Crippen LogP) is 4.10. The van der Waals surface area contributed by atoms with Gasteiger partial charge in [0.05, 0.1) is 10.4 Å². The lowest BCUT2D eigenvalue weighted by Gasteiger charge is -2.18. The van der Waals surface area contributed by atoms with Gasteiger partial charge in [-0.2, -0.15) is 0 Å². The maximum atomic E-state index is 12.6. The van der Waals surface area contributed by atoms with Crippen molar-refractivity contribution in [1.29, 1.82) is 0 Å². The second-order valence-electron chi connectivity index (χ2n) is 6.60. The highest BCUT2D eigenvalue weighted by molar-refractivity contribution is 7.12. The molecule has 0 N–H and O–H groups in total. The number of thiophene rings is 1. The van der Waals surface area contributed by atoms with E-state index < -0.39 is 5.97 Å². The maximum absolute atomic E-state index is 12.6. The van der Waals surface area contributed by atoms with Crippen LogP contribution in [0.25, 0.3) is 0 Å². The third kappa shape index (κ3) is 4.97. The van der Waals surface area contributed by atoms with Crippen molar-refractivity contribution in [2.75, 3.05) is 13.7 Å². The zero-order valence-corrected chi connectivity index (χ0v) is 17.1.